The zero-order chi connectivity index (χ0) is 12.0. The van der Waals surface area contributed by atoms with Gasteiger partial charge in [0.1, 0.15) is 12.0 Å². The number of nitrogens with two attached hydrogens (primary N) is 1. The molecule has 1 aromatic heterocycles. The lowest BCUT2D eigenvalue weighted by molar-refractivity contribution is 0.399. The van der Waals surface area contributed by atoms with E-state index in [4.69, 9.17) is 10.5 Å². The maximum atomic E-state index is 5.83. The minimum Gasteiger partial charge on any atom is -0.479 e. The van der Waals surface area contributed by atoms with Crippen LogP contribution >= 0.6 is 11.8 Å². The Kier molecular flexibility index (Phi) is 5.18. The van der Waals surface area contributed by atoms with Crippen molar-refractivity contribution in [2.24, 2.45) is 0 Å². The van der Waals surface area contributed by atoms with Crippen LogP contribution in [-0.2, 0) is 0 Å². The molecule has 0 aliphatic rings. The molecule has 6 heteroatoms. The first-order valence-corrected chi connectivity index (χ1v) is 6.39. The lowest BCUT2D eigenvalue weighted by atomic mass is 10.3. The molecule has 16 heavy (non-hydrogen) atoms. The van der Waals surface area contributed by atoms with Crippen LogP contribution in [0.25, 0.3) is 0 Å². The number of hydrogen-bond acceptors (Lipinski definition) is 6. The molecule has 0 aliphatic heterocycles. The van der Waals surface area contributed by atoms with Gasteiger partial charge in [-0.1, -0.05) is 6.92 Å². The van der Waals surface area contributed by atoms with E-state index in [1.54, 1.807) is 0 Å². The Morgan fingerprint density at radius 1 is 1.56 bits per heavy atom. The molecule has 0 saturated carbocycles. The summed E-state index contributed by atoms with van der Waals surface area (Å²) in [5.74, 6) is 1.05. The molecule has 1 unspecified atom stereocenters. The smallest absolute Gasteiger partial charge is 0.242 e. The summed E-state index contributed by atoms with van der Waals surface area (Å²) < 4.78 is 5.01. The third kappa shape index (κ3) is 3.44. The first-order chi connectivity index (χ1) is 7.69. The molecule has 0 spiro atoms. The lowest BCUT2D eigenvalue weighted by Gasteiger charge is -2.11. The van der Waals surface area contributed by atoms with Crippen molar-refractivity contribution in [1.82, 2.24) is 9.97 Å². The normalized spacial score (nSPS) is 12.2. The summed E-state index contributed by atoms with van der Waals surface area (Å²) >= 11 is 1.84. The van der Waals surface area contributed by atoms with E-state index in [9.17, 15) is 0 Å². The van der Waals surface area contributed by atoms with Gasteiger partial charge in [-0.3, -0.25) is 0 Å². The van der Waals surface area contributed by atoms with Crippen LogP contribution in [0.2, 0.25) is 0 Å². The molecule has 0 radical (unpaired) electrons. The van der Waals surface area contributed by atoms with Gasteiger partial charge in [0.25, 0.3) is 0 Å². The van der Waals surface area contributed by atoms with Crippen LogP contribution in [-0.4, -0.2) is 35.1 Å². The minimum atomic E-state index is 0.412. The summed E-state index contributed by atoms with van der Waals surface area (Å²) in [7, 11) is 1.54. The van der Waals surface area contributed by atoms with Gasteiger partial charge in [0, 0.05) is 11.8 Å². The summed E-state index contributed by atoms with van der Waals surface area (Å²) in [6.07, 6.45) is 4.61. The van der Waals surface area contributed by atoms with Crippen molar-refractivity contribution in [3.63, 3.8) is 0 Å². The number of nitrogen functional groups attached to an aromatic ring is 1. The molecule has 0 bridgehead atoms. The Bertz CT molecular complexity index is 335. The van der Waals surface area contributed by atoms with Gasteiger partial charge in [-0.05, 0) is 12.7 Å². The average molecular weight is 242 g/mol. The van der Waals surface area contributed by atoms with Gasteiger partial charge in [0.2, 0.25) is 5.88 Å². The topological polar surface area (TPSA) is 73.1 Å². The van der Waals surface area contributed by atoms with Gasteiger partial charge >= 0.3 is 0 Å². The van der Waals surface area contributed by atoms with Gasteiger partial charge in [0.05, 0.1) is 7.11 Å². The van der Waals surface area contributed by atoms with Crippen molar-refractivity contribution < 1.29 is 4.74 Å². The van der Waals surface area contributed by atoms with E-state index in [-0.39, 0.29) is 0 Å². The second-order valence-electron chi connectivity index (χ2n) is 3.41. The molecular formula is C10H18N4OS. The van der Waals surface area contributed by atoms with Crippen LogP contribution in [0.4, 0.5) is 11.5 Å². The fourth-order valence-corrected chi connectivity index (χ4v) is 1.55. The Morgan fingerprint density at radius 3 is 2.94 bits per heavy atom. The van der Waals surface area contributed by atoms with E-state index in [2.05, 4.69) is 28.5 Å². The number of hydrogen-bond donors (Lipinski definition) is 2. The number of rotatable bonds is 6. The van der Waals surface area contributed by atoms with Crippen LogP contribution < -0.4 is 15.8 Å². The fourth-order valence-electron chi connectivity index (χ4n) is 1.19. The zero-order valence-corrected chi connectivity index (χ0v) is 10.7. The number of aromatic nitrogens is 2. The molecule has 90 valence electrons. The molecule has 0 aromatic carbocycles. The third-order valence-corrected chi connectivity index (χ3v) is 3.33. The molecule has 1 atom stereocenters. The van der Waals surface area contributed by atoms with Gasteiger partial charge in [-0.25, -0.2) is 4.98 Å². The Labute approximate surface area is 100 Å². The Hall–Kier alpha value is -1.17. The van der Waals surface area contributed by atoms with Crippen molar-refractivity contribution in [1.29, 1.82) is 0 Å². The second kappa shape index (κ2) is 6.42. The molecule has 0 fully saturated rings. The number of anilines is 2. The average Bonchev–Trinajstić information content (AvgIpc) is 2.31. The first-order valence-electron chi connectivity index (χ1n) is 5.10. The molecule has 1 heterocycles. The van der Waals surface area contributed by atoms with Gasteiger partial charge in [-0.2, -0.15) is 16.7 Å². The maximum Gasteiger partial charge on any atom is 0.242 e. The molecule has 1 rings (SSSR count). The standard InChI is InChI=1S/C10H18N4OS/c1-7(16-3)4-5-12-9-8(11)10(15-2)14-6-13-9/h6-7H,4-5,11H2,1-3H3,(H,12,13,14). The predicted octanol–water partition coefficient (Wildman–Crippen LogP) is 1.62. The Balaban J connectivity index is 2.54. The van der Waals surface area contributed by atoms with Crippen molar-refractivity contribution in [3.05, 3.63) is 6.33 Å². The largest absolute Gasteiger partial charge is 0.479 e. The maximum absolute atomic E-state index is 5.83. The van der Waals surface area contributed by atoms with Gasteiger partial charge in [-0.15, -0.1) is 0 Å². The highest BCUT2D eigenvalue weighted by molar-refractivity contribution is 7.99. The monoisotopic (exact) mass is 242 g/mol. The fraction of sp³-hybridized carbons (Fsp3) is 0.600. The molecule has 3 N–H and O–H groups in total. The van der Waals surface area contributed by atoms with E-state index >= 15 is 0 Å². The number of ether oxygens (including phenoxy) is 1. The van der Waals surface area contributed by atoms with E-state index in [1.807, 2.05) is 11.8 Å². The summed E-state index contributed by atoms with van der Waals surface area (Å²) in [4.78, 5) is 7.99. The van der Waals surface area contributed by atoms with E-state index in [1.165, 1.54) is 13.4 Å². The highest BCUT2D eigenvalue weighted by Gasteiger charge is 2.07. The van der Waals surface area contributed by atoms with Crippen LogP contribution in [0.15, 0.2) is 6.33 Å². The first kappa shape index (κ1) is 12.9. The van der Waals surface area contributed by atoms with Gasteiger partial charge < -0.3 is 15.8 Å². The van der Waals surface area contributed by atoms with Crippen molar-refractivity contribution in [2.45, 2.75) is 18.6 Å². The second-order valence-corrected chi connectivity index (χ2v) is 4.68. The summed E-state index contributed by atoms with van der Waals surface area (Å²) in [5.41, 5.74) is 6.29. The Morgan fingerprint density at radius 2 is 2.31 bits per heavy atom. The van der Waals surface area contributed by atoms with Crippen LogP contribution in [0, 0.1) is 0 Å². The summed E-state index contributed by atoms with van der Waals surface area (Å²) in [5, 5.41) is 3.81. The van der Waals surface area contributed by atoms with Crippen LogP contribution in [0.3, 0.4) is 0 Å². The highest BCUT2D eigenvalue weighted by atomic mass is 32.2. The number of nitrogens with zero attached hydrogens (tertiary/aromatic N) is 2. The lowest BCUT2D eigenvalue weighted by Crippen LogP contribution is -2.11. The van der Waals surface area contributed by atoms with Crippen LogP contribution in [0.5, 0.6) is 5.88 Å². The van der Waals surface area contributed by atoms with E-state index in [0.29, 0.717) is 22.6 Å². The zero-order valence-electron chi connectivity index (χ0n) is 9.86. The third-order valence-electron chi connectivity index (χ3n) is 2.29. The SMILES string of the molecule is COc1ncnc(NCCC(C)SC)c1N. The molecule has 0 aliphatic carbocycles. The summed E-state index contributed by atoms with van der Waals surface area (Å²) in [6.45, 7) is 3.03. The predicted molar refractivity (Wildman–Crippen MR) is 69.1 cm³/mol. The van der Waals surface area contributed by atoms with E-state index < -0.39 is 0 Å². The van der Waals surface area contributed by atoms with E-state index in [0.717, 1.165) is 13.0 Å². The summed E-state index contributed by atoms with van der Waals surface area (Å²) in [6, 6.07) is 0. The highest BCUT2D eigenvalue weighted by Crippen LogP contribution is 2.24. The van der Waals surface area contributed by atoms with Crippen LogP contribution in [0.1, 0.15) is 13.3 Å². The molecule has 0 amide bonds. The molecule has 0 saturated heterocycles. The quantitative estimate of drug-likeness (QED) is 0.789. The molecular weight excluding hydrogens is 224 g/mol. The van der Waals surface area contributed by atoms with Crippen molar-refractivity contribution in [2.75, 3.05) is 31.0 Å². The minimum absolute atomic E-state index is 0.412. The number of methoxy groups -OCH3 is 1. The van der Waals surface area contributed by atoms with Gasteiger partial charge in [0.15, 0.2) is 5.82 Å². The molecule has 1 aromatic rings. The van der Waals surface area contributed by atoms with Crippen molar-refractivity contribution in [3.8, 4) is 5.88 Å². The molecule has 5 nitrogen and oxygen atoms in total. The van der Waals surface area contributed by atoms with Crippen molar-refractivity contribution >= 4 is 23.3 Å². The number of thioether (sulfide) groups is 1. The number of nitrogens with one attached hydrogen (secondary N) is 1.